The number of ether oxygens (including phenoxy) is 1. The lowest BCUT2D eigenvalue weighted by Gasteiger charge is -2.06. The Balaban J connectivity index is 1.35. The van der Waals surface area contributed by atoms with Crippen molar-refractivity contribution in [3.63, 3.8) is 0 Å². The molecule has 0 aliphatic rings. The van der Waals surface area contributed by atoms with Crippen molar-refractivity contribution >= 4 is 34.8 Å². The minimum absolute atomic E-state index is 0.0521. The van der Waals surface area contributed by atoms with E-state index in [-0.39, 0.29) is 25.4 Å². The molecule has 0 saturated carbocycles. The van der Waals surface area contributed by atoms with Crippen LogP contribution in [0.2, 0.25) is 5.02 Å². The molecule has 2 heterocycles. The quantitative estimate of drug-likeness (QED) is 0.578. The van der Waals surface area contributed by atoms with Gasteiger partial charge >= 0.3 is 5.97 Å². The number of rotatable bonds is 8. The highest BCUT2D eigenvalue weighted by Crippen LogP contribution is 2.21. The van der Waals surface area contributed by atoms with Crippen LogP contribution < -0.4 is 5.32 Å². The number of nitrogens with one attached hydrogen (secondary N) is 1. The van der Waals surface area contributed by atoms with Gasteiger partial charge in [-0.25, -0.2) is 0 Å². The summed E-state index contributed by atoms with van der Waals surface area (Å²) in [5.41, 5.74) is 0.900. The molecule has 0 unspecified atom stereocenters. The van der Waals surface area contributed by atoms with Gasteiger partial charge in [0.25, 0.3) is 5.91 Å². The summed E-state index contributed by atoms with van der Waals surface area (Å²) in [5, 5.41) is 9.08. The van der Waals surface area contributed by atoms with Crippen LogP contribution in [0.15, 0.2) is 46.3 Å². The molecule has 3 rings (SSSR count). The summed E-state index contributed by atoms with van der Waals surface area (Å²) in [6, 6.07) is 10.9. The number of amides is 1. The minimum Gasteiger partial charge on any atom is -0.456 e. The van der Waals surface area contributed by atoms with E-state index < -0.39 is 5.97 Å². The first kappa shape index (κ1) is 19.1. The van der Waals surface area contributed by atoms with Crippen LogP contribution in [0.1, 0.15) is 17.9 Å². The molecule has 0 fully saturated rings. The third-order valence-corrected chi connectivity index (χ3v) is 4.64. The van der Waals surface area contributed by atoms with E-state index in [9.17, 15) is 9.59 Å². The maximum Gasteiger partial charge on any atom is 0.306 e. The van der Waals surface area contributed by atoms with Crippen LogP contribution in [0, 0.1) is 0 Å². The fourth-order valence-corrected chi connectivity index (χ4v) is 2.92. The summed E-state index contributed by atoms with van der Waals surface area (Å²) < 4.78 is 10.1. The van der Waals surface area contributed by atoms with E-state index in [1.165, 1.54) is 11.3 Å². The molecule has 0 radical (unpaired) electrons. The Hall–Kier alpha value is -2.71. The highest BCUT2D eigenvalue weighted by molar-refractivity contribution is 7.13. The lowest BCUT2D eigenvalue weighted by atomic mass is 10.2. The van der Waals surface area contributed by atoms with Crippen molar-refractivity contribution in [1.29, 1.82) is 0 Å². The van der Waals surface area contributed by atoms with Crippen molar-refractivity contribution in [2.45, 2.75) is 19.4 Å². The normalized spacial score (nSPS) is 10.6. The van der Waals surface area contributed by atoms with Gasteiger partial charge in [-0.1, -0.05) is 35.0 Å². The molecule has 27 heavy (non-hydrogen) atoms. The average Bonchev–Trinajstić information content (AvgIpc) is 3.35. The minimum atomic E-state index is -0.507. The Bertz CT molecular complexity index is 894. The number of carbonyl (C=O) groups is 2. The van der Waals surface area contributed by atoms with Crippen molar-refractivity contribution in [1.82, 2.24) is 15.5 Å². The number of esters is 1. The van der Waals surface area contributed by atoms with Gasteiger partial charge in [-0.05, 0) is 29.1 Å². The molecule has 0 aliphatic carbocycles. The van der Waals surface area contributed by atoms with Gasteiger partial charge in [0.2, 0.25) is 11.7 Å². The molecule has 0 atom stereocenters. The first-order valence-corrected chi connectivity index (χ1v) is 9.39. The zero-order valence-corrected chi connectivity index (χ0v) is 15.8. The van der Waals surface area contributed by atoms with E-state index >= 15 is 0 Å². The first-order chi connectivity index (χ1) is 13.1. The van der Waals surface area contributed by atoms with E-state index in [2.05, 4.69) is 15.5 Å². The molecule has 7 nitrogen and oxygen atoms in total. The second kappa shape index (κ2) is 9.29. The van der Waals surface area contributed by atoms with Gasteiger partial charge in [-0.15, -0.1) is 11.3 Å². The van der Waals surface area contributed by atoms with E-state index in [4.69, 9.17) is 20.9 Å². The maximum absolute atomic E-state index is 11.8. The summed E-state index contributed by atoms with van der Waals surface area (Å²) in [6.07, 6.45) is 0.306. The molecular weight excluding hydrogens is 390 g/mol. The van der Waals surface area contributed by atoms with Crippen molar-refractivity contribution in [3.8, 4) is 10.7 Å². The monoisotopic (exact) mass is 405 g/mol. The largest absolute Gasteiger partial charge is 0.456 e. The maximum atomic E-state index is 11.8. The standard InChI is InChI=1S/C18H16ClN3O4S/c19-13-5-3-12(4-6-13)10-20-15(23)11-25-17(24)8-7-16-21-18(22-26-16)14-2-1-9-27-14/h1-6,9H,7-8,10-11H2,(H,20,23). The number of carbonyl (C=O) groups excluding carboxylic acids is 2. The van der Waals surface area contributed by atoms with Crippen LogP contribution in [-0.4, -0.2) is 28.6 Å². The Morgan fingerprint density at radius 1 is 1.22 bits per heavy atom. The van der Waals surface area contributed by atoms with Crippen molar-refractivity contribution < 1.29 is 18.8 Å². The first-order valence-electron chi connectivity index (χ1n) is 8.13. The number of aryl methyl sites for hydroxylation is 1. The van der Waals surface area contributed by atoms with Gasteiger partial charge in [-0.2, -0.15) is 4.98 Å². The molecule has 0 saturated heterocycles. The van der Waals surface area contributed by atoms with E-state index in [1.54, 1.807) is 12.1 Å². The third kappa shape index (κ3) is 5.90. The Morgan fingerprint density at radius 2 is 2.04 bits per heavy atom. The molecule has 2 aromatic heterocycles. The Labute approximate surface area is 164 Å². The highest BCUT2D eigenvalue weighted by atomic mass is 35.5. The predicted molar refractivity (Wildman–Crippen MR) is 100 cm³/mol. The van der Waals surface area contributed by atoms with Crippen molar-refractivity contribution in [3.05, 3.63) is 58.3 Å². The molecular formula is C18H16ClN3O4S. The highest BCUT2D eigenvalue weighted by Gasteiger charge is 2.13. The van der Waals surface area contributed by atoms with Crippen LogP contribution in [0.25, 0.3) is 10.7 Å². The van der Waals surface area contributed by atoms with E-state index in [1.807, 2.05) is 29.6 Å². The third-order valence-electron chi connectivity index (χ3n) is 3.52. The van der Waals surface area contributed by atoms with E-state index in [0.717, 1.165) is 10.4 Å². The molecule has 0 bridgehead atoms. The van der Waals surface area contributed by atoms with Gasteiger partial charge in [-0.3, -0.25) is 9.59 Å². The predicted octanol–water partition coefficient (Wildman–Crippen LogP) is 3.24. The van der Waals surface area contributed by atoms with Gasteiger partial charge < -0.3 is 14.6 Å². The number of hydrogen-bond donors (Lipinski definition) is 1. The summed E-state index contributed by atoms with van der Waals surface area (Å²) in [7, 11) is 0. The summed E-state index contributed by atoms with van der Waals surface area (Å²) in [6.45, 7) is -0.00225. The lowest BCUT2D eigenvalue weighted by Crippen LogP contribution is -2.28. The zero-order valence-electron chi connectivity index (χ0n) is 14.2. The van der Waals surface area contributed by atoms with Crippen molar-refractivity contribution in [2.75, 3.05) is 6.61 Å². The fraction of sp³-hybridized carbons (Fsp3) is 0.222. The van der Waals surface area contributed by atoms with Gasteiger partial charge in [0, 0.05) is 18.0 Å². The van der Waals surface area contributed by atoms with Crippen LogP contribution in [0.5, 0.6) is 0 Å². The number of nitrogens with zero attached hydrogens (tertiary/aromatic N) is 2. The van der Waals surface area contributed by atoms with Crippen LogP contribution >= 0.6 is 22.9 Å². The number of thiophene rings is 1. The second-order valence-corrected chi connectivity index (χ2v) is 6.94. The van der Waals surface area contributed by atoms with Crippen LogP contribution in [0.3, 0.4) is 0 Å². The number of hydrogen-bond acceptors (Lipinski definition) is 7. The molecule has 0 spiro atoms. The lowest BCUT2D eigenvalue weighted by molar-refractivity contribution is -0.148. The van der Waals surface area contributed by atoms with Crippen molar-refractivity contribution in [2.24, 2.45) is 0 Å². The van der Waals surface area contributed by atoms with Crippen LogP contribution in [-0.2, 0) is 27.3 Å². The van der Waals surface area contributed by atoms with Gasteiger partial charge in [0.05, 0.1) is 11.3 Å². The number of benzene rings is 1. The summed E-state index contributed by atoms with van der Waals surface area (Å²) in [5.74, 6) is -0.0407. The second-order valence-electron chi connectivity index (χ2n) is 5.55. The Morgan fingerprint density at radius 3 is 2.78 bits per heavy atom. The summed E-state index contributed by atoms with van der Waals surface area (Å²) >= 11 is 7.30. The van der Waals surface area contributed by atoms with Crippen LogP contribution in [0.4, 0.5) is 0 Å². The molecule has 0 aliphatic heterocycles. The molecule has 140 valence electrons. The topological polar surface area (TPSA) is 94.3 Å². The number of halogens is 1. The molecule has 1 N–H and O–H groups in total. The average molecular weight is 406 g/mol. The van der Waals surface area contributed by atoms with E-state index in [0.29, 0.717) is 23.3 Å². The molecule has 1 amide bonds. The fourth-order valence-electron chi connectivity index (χ4n) is 2.14. The zero-order chi connectivity index (χ0) is 19.1. The Kier molecular flexibility index (Phi) is 6.56. The molecule has 9 heteroatoms. The SMILES string of the molecule is O=C(COC(=O)CCc1nc(-c2cccs2)no1)NCc1ccc(Cl)cc1. The van der Waals surface area contributed by atoms with Gasteiger partial charge in [0.15, 0.2) is 6.61 Å². The summed E-state index contributed by atoms with van der Waals surface area (Å²) in [4.78, 5) is 28.6. The van der Waals surface area contributed by atoms with Gasteiger partial charge in [0.1, 0.15) is 0 Å². The number of aromatic nitrogens is 2. The molecule has 3 aromatic rings. The molecule has 1 aromatic carbocycles. The smallest absolute Gasteiger partial charge is 0.306 e.